The molecule has 570 valence electrons. The quantitative estimate of drug-likeness (QED) is 0.0757. The van der Waals surface area contributed by atoms with E-state index in [2.05, 4.69) is 112 Å². The largest absolute Gasteiger partial charge is 0.493 e. The molecule has 22 nitrogen and oxygen atoms in total. The van der Waals surface area contributed by atoms with E-state index in [0.717, 1.165) is 15.6 Å². The first kappa shape index (κ1) is 79.3. The Labute approximate surface area is 643 Å². The molecule has 109 heavy (non-hydrogen) atoms. The zero-order chi connectivity index (χ0) is 78.1. The average molecular weight is 1540 g/mol. The number of aliphatic hydroxyl groups excluding tert-OH is 1. The number of hydrogen-bond acceptors (Lipinski definition) is 18. The molecule has 3 aliphatic rings. The summed E-state index contributed by atoms with van der Waals surface area (Å²) in [5.41, 5.74) is 6.79. The second-order valence-electron chi connectivity index (χ2n) is 31.4. The van der Waals surface area contributed by atoms with Crippen LogP contribution in [0.5, 0.6) is 17.5 Å². The lowest BCUT2D eigenvalue weighted by atomic mass is 9.85. The third-order valence-electron chi connectivity index (χ3n) is 19.4. The summed E-state index contributed by atoms with van der Waals surface area (Å²) in [5, 5.41) is 20.0. The summed E-state index contributed by atoms with van der Waals surface area (Å²) in [6.45, 7) is 21.2. The molecule has 8 aromatic carbocycles. The van der Waals surface area contributed by atoms with Crippen molar-refractivity contribution in [1.29, 1.82) is 0 Å². The van der Waals surface area contributed by atoms with Gasteiger partial charge in [0.05, 0.1) is 62.6 Å². The molecule has 0 radical (unpaired) electrons. The number of para-hydroxylation sites is 4. The molecule has 4 bridgehead atoms. The molecule has 2 fully saturated rings. The van der Waals surface area contributed by atoms with Crippen molar-refractivity contribution in [3.63, 3.8) is 0 Å². The van der Waals surface area contributed by atoms with Gasteiger partial charge in [0.1, 0.15) is 60.1 Å². The van der Waals surface area contributed by atoms with E-state index in [1.165, 1.54) is 62.3 Å². The maximum atomic E-state index is 14.1. The third-order valence-corrected chi connectivity index (χ3v) is 19.9. The van der Waals surface area contributed by atoms with Crippen molar-refractivity contribution >= 4 is 95.5 Å². The van der Waals surface area contributed by atoms with Crippen molar-refractivity contribution in [3.05, 3.63) is 186 Å². The van der Waals surface area contributed by atoms with Crippen molar-refractivity contribution in [2.75, 3.05) is 53.7 Å². The van der Waals surface area contributed by atoms with E-state index in [4.69, 9.17) is 53.1 Å². The summed E-state index contributed by atoms with van der Waals surface area (Å²) in [6, 6.07) is 54.4. The maximum Gasteiger partial charge on any atom is 0.407 e. The number of nitrogens with one attached hydrogen (secondary N) is 2. The van der Waals surface area contributed by atoms with Crippen LogP contribution < -0.4 is 24.8 Å². The smallest absolute Gasteiger partial charge is 0.407 e. The van der Waals surface area contributed by atoms with Gasteiger partial charge in [-0.15, -0.1) is 0 Å². The van der Waals surface area contributed by atoms with Gasteiger partial charge in [0.2, 0.25) is 23.6 Å². The number of rotatable bonds is 12. The molecule has 3 aliphatic heterocycles. The molecule has 6 atom stereocenters. The number of esters is 2. The van der Waals surface area contributed by atoms with Crippen LogP contribution in [0.25, 0.3) is 77.3 Å². The lowest BCUT2D eigenvalue weighted by molar-refractivity contribution is -0.152. The minimum Gasteiger partial charge on any atom is -0.493 e. The summed E-state index contributed by atoms with van der Waals surface area (Å²) in [6.07, 6.45) is -1.95. The molecule has 0 unspecified atom stereocenters. The fourth-order valence-electron chi connectivity index (χ4n) is 13.5. The summed E-state index contributed by atoms with van der Waals surface area (Å²) in [4.78, 5) is 102. The van der Waals surface area contributed by atoms with Crippen LogP contribution in [0, 0.1) is 28.6 Å². The van der Waals surface area contributed by atoms with Gasteiger partial charge in [0.15, 0.2) is 0 Å². The van der Waals surface area contributed by atoms with Crippen molar-refractivity contribution < 1.29 is 67.0 Å². The molecule has 0 spiro atoms. The number of fused-ring (bicyclic) bond motifs is 10. The number of nitrogens with zero attached hydrogens (tertiary/aromatic N) is 6. The number of methoxy groups -OCH3 is 2. The maximum absolute atomic E-state index is 14.1. The van der Waals surface area contributed by atoms with Gasteiger partial charge in [0.25, 0.3) is 0 Å². The van der Waals surface area contributed by atoms with Crippen LogP contribution in [0.15, 0.2) is 180 Å². The molecular weight excluding hydrogens is 1450 g/mol. The molecular formula is C86H95BrN8O14. The number of aromatic nitrogens is 4. The highest BCUT2D eigenvalue weighted by atomic mass is 79.9. The summed E-state index contributed by atoms with van der Waals surface area (Å²) in [7, 11) is 2.55. The number of halogens is 1. The van der Waals surface area contributed by atoms with Gasteiger partial charge < -0.3 is 58.7 Å². The van der Waals surface area contributed by atoms with Crippen LogP contribution in [0.4, 0.5) is 9.59 Å². The number of hydrogen-bond donors (Lipinski definition) is 3. The first-order valence-corrected chi connectivity index (χ1v) is 37.3. The van der Waals surface area contributed by atoms with Crippen LogP contribution in [-0.2, 0) is 38.1 Å². The van der Waals surface area contributed by atoms with Gasteiger partial charge in [-0.05, 0) is 111 Å². The van der Waals surface area contributed by atoms with Gasteiger partial charge in [-0.1, -0.05) is 213 Å². The molecule has 5 heterocycles. The van der Waals surface area contributed by atoms with Crippen molar-refractivity contribution in [2.24, 2.45) is 21.7 Å². The van der Waals surface area contributed by atoms with Crippen LogP contribution >= 0.6 is 15.9 Å². The van der Waals surface area contributed by atoms with Crippen molar-refractivity contribution in [1.82, 2.24) is 40.4 Å². The number of alkyl carbamates (subject to hydrolysis) is 2. The van der Waals surface area contributed by atoms with Crippen LogP contribution in [-0.4, -0.2) is 161 Å². The Bertz CT molecular complexity index is 4990. The predicted molar refractivity (Wildman–Crippen MR) is 423 cm³/mol. The van der Waals surface area contributed by atoms with Crippen molar-refractivity contribution in [3.8, 4) is 51.2 Å². The molecule has 2 saturated heterocycles. The van der Waals surface area contributed by atoms with Gasteiger partial charge in [-0.3, -0.25) is 9.59 Å². The van der Waals surface area contributed by atoms with Crippen LogP contribution in [0.3, 0.4) is 0 Å². The molecule has 10 aromatic rings. The Kier molecular flexibility index (Phi) is 24.6. The third kappa shape index (κ3) is 19.2. The number of amides is 4. The van der Waals surface area contributed by atoms with Gasteiger partial charge >= 0.3 is 24.1 Å². The second kappa shape index (κ2) is 33.8. The fraction of sp³-hybridized carbons (Fsp3) is 0.372. The standard InChI is InChI=1S/C33H41BrN4O7.C32H38N4O7.C21H16/c1-32(2,3)27(37-31(42)44-19-33(4,5)14-15-39)29(40)38-18-22(17-25(38)30(41)43-6)45-28-26(20-10-9-11-21(34)16-20)35-23-12-7-8-13-24(23)36-28;1-31(2,3)26-28(37)36-16-21(15-24(36)29(38)40-6)43-27-25(33-22-12-7-8-13-23(22)34-27)19-10-9-11-20(14-19)41-17-32(4,5)18-42-30(39)35-26;1-15-13-14-17-8-3-5-11-19(17)21(15)20-12-6-9-16-7-2-4-10-18(16)20/h7-13,16,22,25,27,39H,14-15,17-19H2,1-6H3,(H,37,42);7-14,21,24,26H,15-18H2,1-6H3,(H,35,39);2-14H,1H3/t22-,25+,27-;21-,24+,26-;/m11./s1. The number of cyclic esters (lactones) is 1. The predicted octanol–water partition coefficient (Wildman–Crippen LogP) is 15.5. The van der Waals surface area contributed by atoms with E-state index >= 15 is 0 Å². The number of benzene rings is 8. The normalized spacial score (nSPS) is 18.3. The molecule has 0 aliphatic carbocycles. The minimum absolute atomic E-state index is 0.0383. The summed E-state index contributed by atoms with van der Waals surface area (Å²) < 4.78 is 41.0. The van der Waals surface area contributed by atoms with Gasteiger partial charge in [0, 0.05) is 45.9 Å². The Balaban J connectivity index is 0.000000172. The van der Waals surface area contributed by atoms with E-state index in [1.54, 1.807) is 0 Å². The van der Waals surface area contributed by atoms with Crippen LogP contribution in [0.1, 0.15) is 94.1 Å². The number of carbonyl (C=O) groups excluding carboxylic acids is 6. The molecule has 13 rings (SSSR count). The molecule has 23 heteroatoms. The lowest BCUT2D eigenvalue weighted by Crippen LogP contribution is -2.57. The Hall–Kier alpha value is -10.8. The van der Waals surface area contributed by atoms with Crippen molar-refractivity contribution in [2.45, 2.75) is 132 Å². The highest BCUT2D eigenvalue weighted by Gasteiger charge is 2.49. The van der Waals surface area contributed by atoms with Crippen LogP contribution in [0.2, 0.25) is 0 Å². The number of ether oxygens (including phenoxy) is 7. The van der Waals surface area contributed by atoms with Gasteiger partial charge in [-0.2, -0.15) is 0 Å². The minimum atomic E-state index is -1.02. The summed E-state index contributed by atoms with van der Waals surface area (Å²) >= 11 is 3.52. The molecule has 2 aromatic heterocycles. The zero-order valence-electron chi connectivity index (χ0n) is 63.9. The molecule has 3 N–H and O–H groups in total. The fourth-order valence-corrected chi connectivity index (χ4v) is 13.9. The van der Waals surface area contributed by atoms with E-state index in [-0.39, 0.29) is 64.1 Å². The number of likely N-dealkylation sites (tertiary alicyclic amines) is 1. The van der Waals surface area contributed by atoms with E-state index in [1.807, 2.05) is 166 Å². The van der Waals surface area contributed by atoms with Gasteiger partial charge in [-0.25, -0.2) is 39.1 Å². The monoisotopic (exact) mass is 1540 g/mol. The Morgan fingerprint density at radius 3 is 1.89 bits per heavy atom. The van der Waals surface area contributed by atoms with E-state index < -0.39 is 94.0 Å². The van der Waals surface area contributed by atoms with E-state index in [0.29, 0.717) is 45.6 Å². The van der Waals surface area contributed by atoms with E-state index in [9.17, 15) is 33.9 Å². The number of aryl methyl sites for hydroxylation is 1. The first-order chi connectivity index (χ1) is 51.9. The Morgan fingerprint density at radius 2 is 1.24 bits per heavy atom. The lowest BCUT2D eigenvalue weighted by Gasteiger charge is -2.35. The highest BCUT2D eigenvalue weighted by molar-refractivity contribution is 9.10. The molecule has 0 saturated carbocycles. The molecule has 4 amide bonds. The number of carbonyl (C=O) groups is 6. The SMILES string of the molecule is COC(=O)[C@@H]1C[C@@H](Oc2nc3ccccc3nc2-c2cccc(Br)c2)CN1C(=O)[C@@H](NC(=O)OCC(C)(C)CCO)C(C)(C)C.COC(=O)[C@@H]1C[C@@H]2CN1C(=O)[C@H](C(C)(C)C)NC(=O)OCC(C)(C)COc1cccc(c1)-c1nc3ccccc3nc1O2.Cc1ccc2ccccc2c1-c1cccc2ccccc12. The average Bonchev–Trinajstić information content (AvgIpc) is 1.55. The summed E-state index contributed by atoms with van der Waals surface area (Å²) in [5.74, 6) is -0.916. The zero-order valence-corrected chi connectivity index (χ0v) is 65.5. The second-order valence-corrected chi connectivity index (χ2v) is 32.3. The number of aliphatic hydroxyl groups is 1. The topological polar surface area (TPSA) is 269 Å². The Morgan fingerprint density at radius 1 is 0.661 bits per heavy atom. The first-order valence-electron chi connectivity index (χ1n) is 36.5. The highest BCUT2D eigenvalue weighted by Crippen LogP contribution is 2.40.